The van der Waals surface area contributed by atoms with Crippen molar-refractivity contribution in [3.05, 3.63) is 34.6 Å². The Hall–Kier alpha value is -1.25. The number of benzene rings is 1. The van der Waals surface area contributed by atoms with Crippen molar-refractivity contribution >= 4 is 0 Å². The fraction of sp³-hybridized carbons (Fsp3) is 0.727. The van der Waals surface area contributed by atoms with Crippen molar-refractivity contribution < 1.29 is 36.2 Å². The van der Waals surface area contributed by atoms with E-state index in [-0.39, 0.29) is 6.42 Å². The van der Waals surface area contributed by atoms with E-state index in [1.54, 1.807) is 0 Å². The van der Waals surface area contributed by atoms with Gasteiger partial charge in [0.2, 0.25) is 5.82 Å². The van der Waals surface area contributed by atoms with Gasteiger partial charge in [0.25, 0.3) is 5.97 Å². The minimum Gasteiger partial charge on any atom is -0.331 e. The van der Waals surface area contributed by atoms with E-state index in [1.165, 1.54) is 28.3 Å². The summed E-state index contributed by atoms with van der Waals surface area (Å²) in [5.74, 6) is -12.6. The molecule has 30 heavy (non-hydrogen) atoms. The molecule has 0 radical (unpaired) electrons. The normalized spacial score (nSPS) is 14.2. The third-order valence-corrected chi connectivity index (χ3v) is 5.63. The molecular weight excluding hydrogens is 407 g/mol. The van der Waals surface area contributed by atoms with Gasteiger partial charge >= 0.3 is 0 Å². The van der Waals surface area contributed by atoms with Crippen molar-refractivity contribution in [3.8, 4) is 0 Å². The van der Waals surface area contributed by atoms with Crippen LogP contribution < -0.4 is 0 Å². The molecule has 8 heteroatoms. The van der Waals surface area contributed by atoms with Gasteiger partial charge in [-0.3, -0.25) is 0 Å². The van der Waals surface area contributed by atoms with Crippen LogP contribution in [0.2, 0.25) is 0 Å². The predicted molar refractivity (Wildman–Crippen MR) is 105 cm³/mol. The summed E-state index contributed by atoms with van der Waals surface area (Å²) in [6.07, 6.45) is 6.77. The van der Waals surface area contributed by atoms with Gasteiger partial charge in [-0.1, -0.05) is 52.4 Å². The van der Waals surface area contributed by atoms with Gasteiger partial charge in [-0.05, 0) is 18.8 Å². The minimum absolute atomic E-state index is 0.0445. The van der Waals surface area contributed by atoms with E-state index in [1.807, 2.05) is 0 Å². The fourth-order valence-corrected chi connectivity index (χ4v) is 3.96. The first-order chi connectivity index (χ1) is 14.2. The Bertz CT molecular complexity index is 627. The first-order valence-electron chi connectivity index (χ1n) is 10.4. The van der Waals surface area contributed by atoms with Gasteiger partial charge in [-0.2, -0.15) is 0 Å². The average Bonchev–Trinajstić information content (AvgIpc) is 2.74. The van der Waals surface area contributed by atoms with Gasteiger partial charge < -0.3 is 14.2 Å². The molecule has 0 heterocycles. The summed E-state index contributed by atoms with van der Waals surface area (Å²) in [4.78, 5) is 0. The average molecular weight is 440 g/mol. The summed E-state index contributed by atoms with van der Waals surface area (Å²) in [6.45, 7) is 3.54. The molecule has 0 fully saturated rings. The second-order valence-electron chi connectivity index (χ2n) is 7.59. The summed E-state index contributed by atoms with van der Waals surface area (Å²) in [5.41, 5.74) is -0.837. The molecule has 0 N–H and O–H groups in total. The van der Waals surface area contributed by atoms with E-state index in [4.69, 9.17) is 14.2 Å². The van der Waals surface area contributed by atoms with Crippen LogP contribution in [0, 0.1) is 35.0 Å². The maximum absolute atomic E-state index is 14.3. The lowest BCUT2D eigenvalue weighted by Gasteiger charge is -2.37. The number of methoxy groups -OCH3 is 3. The van der Waals surface area contributed by atoms with Crippen LogP contribution >= 0.6 is 0 Å². The molecular formula is C22H33F5O3. The van der Waals surface area contributed by atoms with E-state index in [9.17, 15) is 22.0 Å². The molecule has 1 rings (SSSR count). The van der Waals surface area contributed by atoms with Crippen LogP contribution in [0.25, 0.3) is 0 Å². The van der Waals surface area contributed by atoms with Crippen molar-refractivity contribution in [1.82, 2.24) is 0 Å². The van der Waals surface area contributed by atoms with Crippen LogP contribution in [0.15, 0.2) is 0 Å². The molecule has 0 saturated heterocycles. The zero-order valence-corrected chi connectivity index (χ0v) is 18.4. The molecule has 2 atom stereocenters. The number of hydrogen-bond donors (Lipinski definition) is 0. The summed E-state index contributed by atoms with van der Waals surface area (Å²) in [7, 11) is 4.14. The van der Waals surface area contributed by atoms with Crippen LogP contribution in [0.1, 0.15) is 76.7 Å². The molecule has 0 aliphatic carbocycles. The van der Waals surface area contributed by atoms with Gasteiger partial charge in [0, 0.05) is 32.8 Å². The van der Waals surface area contributed by atoms with E-state index >= 15 is 0 Å². The van der Waals surface area contributed by atoms with E-state index in [2.05, 4.69) is 6.92 Å². The minimum atomic E-state index is -2.16. The van der Waals surface area contributed by atoms with Crippen LogP contribution in [-0.4, -0.2) is 27.3 Å². The van der Waals surface area contributed by atoms with E-state index in [0.29, 0.717) is 6.42 Å². The highest BCUT2D eigenvalue weighted by molar-refractivity contribution is 5.27. The molecule has 0 bridgehead atoms. The van der Waals surface area contributed by atoms with Gasteiger partial charge in [0.1, 0.15) is 0 Å². The molecule has 1 aromatic carbocycles. The molecule has 2 unspecified atom stereocenters. The Morgan fingerprint density at radius 3 is 1.60 bits per heavy atom. The molecule has 0 aliphatic rings. The molecule has 3 nitrogen and oxygen atoms in total. The second kappa shape index (κ2) is 12.6. The Balaban J connectivity index is 3.09. The topological polar surface area (TPSA) is 27.7 Å². The van der Waals surface area contributed by atoms with Crippen LogP contribution in [0.5, 0.6) is 0 Å². The van der Waals surface area contributed by atoms with Crippen molar-refractivity contribution in [3.63, 3.8) is 0 Å². The molecule has 0 aliphatic heterocycles. The molecule has 174 valence electrons. The summed E-state index contributed by atoms with van der Waals surface area (Å²) in [6, 6.07) is 0. The largest absolute Gasteiger partial charge is 0.331 e. The van der Waals surface area contributed by atoms with Gasteiger partial charge in [-0.15, -0.1) is 0 Å². The first-order valence-corrected chi connectivity index (χ1v) is 10.4. The van der Waals surface area contributed by atoms with Crippen molar-refractivity contribution in [2.24, 2.45) is 5.92 Å². The van der Waals surface area contributed by atoms with E-state index in [0.717, 1.165) is 38.5 Å². The highest BCUT2D eigenvalue weighted by atomic mass is 19.2. The molecule has 0 amide bonds. The van der Waals surface area contributed by atoms with Crippen LogP contribution in [-0.2, 0) is 14.2 Å². The van der Waals surface area contributed by atoms with Crippen molar-refractivity contribution in [2.45, 2.75) is 77.1 Å². The predicted octanol–water partition coefficient (Wildman–Crippen LogP) is 6.84. The number of hydrogen-bond acceptors (Lipinski definition) is 3. The van der Waals surface area contributed by atoms with Crippen molar-refractivity contribution in [1.29, 1.82) is 0 Å². The standard InChI is InChI=1S/C22H33F5O3/c1-6-7-8-9-10-11-12-15(22(28-3,29-4)30-5)13-14(2)16-17(23)19(25)21(27)20(26)18(16)24/h14-15H,6-13H2,1-5H3. The smallest absolute Gasteiger partial charge is 0.285 e. The van der Waals surface area contributed by atoms with Gasteiger partial charge in [0.15, 0.2) is 23.3 Å². The lowest BCUT2D eigenvalue weighted by atomic mass is 9.84. The van der Waals surface area contributed by atoms with E-state index < -0.39 is 52.5 Å². The SMILES string of the molecule is CCCCCCCCC(CC(C)c1c(F)c(F)c(F)c(F)c1F)C(OC)(OC)OC. The maximum Gasteiger partial charge on any atom is 0.285 e. The Morgan fingerprint density at radius 1 is 0.700 bits per heavy atom. The fourth-order valence-electron chi connectivity index (χ4n) is 3.96. The summed E-state index contributed by atoms with van der Waals surface area (Å²) in [5, 5.41) is 0. The lowest BCUT2D eigenvalue weighted by molar-refractivity contribution is -0.380. The third-order valence-electron chi connectivity index (χ3n) is 5.63. The Labute approximate surface area is 175 Å². The van der Waals surface area contributed by atoms with Crippen molar-refractivity contribution in [2.75, 3.05) is 21.3 Å². The number of unbranched alkanes of at least 4 members (excludes halogenated alkanes) is 5. The molecule has 0 saturated carbocycles. The molecule has 0 spiro atoms. The number of ether oxygens (including phenoxy) is 3. The molecule has 0 aromatic heterocycles. The molecule has 1 aromatic rings. The van der Waals surface area contributed by atoms with Gasteiger partial charge in [-0.25, -0.2) is 22.0 Å². The Kier molecular flexibility index (Phi) is 11.2. The van der Waals surface area contributed by atoms with Crippen LogP contribution in [0.4, 0.5) is 22.0 Å². The lowest BCUT2D eigenvalue weighted by Crippen LogP contribution is -2.44. The first kappa shape index (κ1) is 26.8. The summed E-state index contributed by atoms with van der Waals surface area (Å²) < 4.78 is 85.4. The highest BCUT2D eigenvalue weighted by Gasteiger charge is 2.41. The summed E-state index contributed by atoms with van der Waals surface area (Å²) >= 11 is 0. The van der Waals surface area contributed by atoms with Crippen LogP contribution in [0.3, 0.4) is 0 Å². The zero-order chi connectivity index (χ0) is 22.9. The third kappa shape index (κ3) is 6.14. The monoisotopic (exact) mass is 440 g/mol. The zero-order valence-electron chi connectivity index (χ0n) is 18.4. The highest BCUT2D eigenvalue weighted by Crippen LogP contribution is 2.39. The number of halogens is 5. The second-order valence-corrected chi connectivity index (χ2v) is 7.59. The quantitative estimate of drug-likeness (QED) is 0.104. The maximum atomic E-state index is 14.3. The van der Waals surface area contributed by atoms with Gasteiger partial charge in [0.05, 0.1) is 0 Å². The Morgan fingerprint density at radius 2 is 1.13 bits per heavy atom. The number of rotatable bonds is 14.